The van der Waals surface area contributed by atoms with E-state index in [1.807, 2.05) is 0 Å². The summed E-state index contributed by atoms with van der Waals surface area (Å²) >= 11 is 1.06. The van der Waals surface area contributed by atoms with Crippen LogP contribution in [-0.4, -0.2) is 55.1 Å². The van der Waals surface area contributed by atoms with Crippen LogP contribution in [0.3, 0.4) is 0 Å². The van der Waals surface area contributed by atoms with Gasteiger partial charge < -0.3 is 15.5 Å². The van der Waals surface area contributed by atoms with Gasteiger partial charge in [0.15, 0.2) is 0 Å². The van der Waals surface area contributed by atoms with E-state index in [2.05, 4.69) is 5.32 Å². The third kappa shape index (κ3) is 3.03. The molecule has 3 heterocycles. The molecule has 7 nitrogen and oxygen atoms in total. The van der Waals surface area contributed by atoms with Crippen molar-refractivity contribution >= 4 is 27.3 Å². The highest BCUT2D eigenvalue weighted by Gasteiger charge is 2.37. The monoisotopic (exact) mass is 360 g/mol. The van der Waals surface area contributed by atoms with E-state index in [1.165, 1.54) is 4.31 Å². The van der Waals surface area contributed by atoms with Gasteiger partial charge in [-0.05, 0) is 37.3 Å². The Labute approximate surface area is 139 Å². The molecule has 0 saturated carbocycles. The fourth-order valence-electron chi connectivity index (χ4n) is 3.22. The summed E-state index contributed by atoms with van der Waals surface area (Å²) in [5.74, 6) is -1.26. The number of sulfonamides is 1. The zero-order chi connectivity index (χ0) is 16.6. The first-order valence-corrected chi connectivity index (χ1v) is 9.90. The van der Waals surface area contributed by atoms with E-state index in [1.54, 1.807) is 0 Å². The Kier molecular flexibility index (Phi) is 4.75. The van der Waals surface area contributed by atoms with E-state index in [4.69, 9.17) is 0 Å². The number of nitrogens with one attached hydrogen (secondary N) is 1. The summed E-state index contributed by atoms with van der Waals surface area (Å²) in [7, 11) is -3.84. The van der Waals surface area contributed by atoms with Crippen LogP contribution in [0.5, 0.6) is 0 Å². The molecule has 0 spiro atoms. The number of hydrogen-bond donors (Lipinski definition) is 3. The number of piperidine rings is 1. The van der Waals surface area contributed by atoms with Crippen molar-refractivity contribution in [3.05, 3.63) is 16.0 Å². The SMILES string of the molecule is O=C(O)c1c(S(=O)(=O)N2CCCC(CO)C2)sc2c1CCNC2. The first-order chi connectivity index (χ1) is 10.9. The van der Waals surface area contributed by atoms with E-state index in [9.17, 15) is 23.4 Å². The van der Waals surface area contributed by atoms with Crippen LogP contribution in [0.25, 0.3) is 0 Å². The molecule has 1 atom stereocenters. The highest BCUT2D eigenvalue weighted by atomic mass is 32.2. The lowest BCUT2D eigenvalue weighted by molar-refractivity contribution is 0.0692. The number of carboxylic acid groups (broad SMARTS) is 1. The zero-order valence-electron chi connectivity index (χ0n) is 12.6. The Bertz CT molecular complexity index is 713. The van der Waals surface area contributed by atoms with Gasteiger partial charge in [0, 0.05) is 31.1 Å². The van der Waals surface area contributed by atoms with Crippen molar-refractivity contribution in [1.29, 1.82) is 0 Å². The number of hydrogen-bond acceptors (Lipinski definition) is 6. The van der Waals surface area contributed by atoms with Gasteiger partial charge in [-0.3, -0.25) is 0 Å². The van der Waals surface area contributed by atoms with E-state index in [-0.39, 0.29) is 28.8 Å². The molecule has 1 saturated heterocycles. The molecule has 0 aromatic carbocycles. The number of rotatable bonds is 4. The topological polar surface area (TPSA) is 107 Å². The number of thiophene rings is 1. The Balaban J connectivity index is 2.03. The van der Waals surface area contributed by atoms with Gasteiger partial charge in [-0.2, -0.15) is 4.31 Å². The molecular formula is C14H20N2O5S2. The van der Waals surface area contributed by atoms with Gasteiger partial charge in [-0.25, -0.2) is 13.2 Å². The van der Waals surface area contributed by atoms with Crippen molar-refractivity contribution in [1.82, 2.24) is 9.62 Å². The molecule has 2 aliphatic rings. The zero-order valence-corrected chi connectivity index (χ0v) is 14.3. The minimum atomic E-state index is -3.84. The van der Waals surface area contributed by atoms with Gasteiger partial charge in [0.2, 0.25) is 0 Å². The predicted octanol–water partition coefficient (Wildman–Crippen LogP) is 0.485. The number of aliphatic hydroxyl groups excluding tert-OH is 1. The maximum atomic E-state index is 13.0. The Morgan fingerprint density at radius 3 is 2.91 bits per heavy atom. The number of aromatic carboxylic acids is 1. The lowest BCUT2D eigenvalue weighted by Crippen LogP contribution is -2.41. The average molecular weight is 360 g/mol. The Morgan fingerprint density at radius 2 is 2.22 bits per heavy atom. The standard InChI is InChI=1S/C14H20N2O5S2/c17-8-9-2-1-5-16(7-9)23(20,21)14-12(13(18)19)10-3-4-15-6-11(10)22-14/h9,15,17H,1-8H2,(H,18,19). The summed E-state index contributed by atoms with van der Waals surface area (Å²) < 4.78 is 27.2. The molecule has 3 rings (SSSR count). The highest BCUT2D eigenvalue weighted by Crippen LogP contribution is 2.37. The molecule has 128 valence electrons. The largest absolute Gasteiger partial charge is 0.478 e. The second-order valence-electron chi connectivity index (χ2n) is 5.95. The fraction of sp³-hybridized carbons (Fsp3) is 0.643. The third-order valence-electron chi connectivity index (χ3n) is 4.42. The molecule has 1 aromatic rings. The highest BCUT2D eigenvalue weighted by molar-refractivity contribution is 7.91. The molecule has 9 heteroatoms. The Hall–Kier alpha value is -1.00. The Morgan fingerprint density at radius 1 is 1.43 bits per heavy atom. The summed E-state index contributed by atoms with van der Waals surface area (Å²) in [6.07, 6.45) is 2.00. The number of aliphatic hydroxyl groups is 1. The summed E-state index contributed by atoms with van der Waals surface area (Å²) in [5.41, 5.74) is 0.591. The van der Waals surface area contributed by atoms with Crippen LogP contribution >= 0.6 is 11.3 Å². The first kappa shape index (κ1) is 16.8. The van der Waals surface area contributed by atoms with E-state index in [0.717, 1.165) is 22.6 Å². The van der Waals surface area contributed by atoms with E-state index >= 15 is 0 Å². The molecule has 3 N–H and O–H groups in total. The van der Waals surface area contributed by atoms with Crippen molar-refractivity contribution in [2.75, 3.05) is 26.2 Å². The van der Waals surface area contributed by atoms with Crippen LogP contribution in [0.1, 0.15) is 33.6 Å². The van der Waals surface area contributed by atoms with Gasteiger partial charge in [0.25, 0.3) is 10.0 Å². The maximum Gasteiger partial charge on any atom is 0.338 e. The summed E-state index contributed by atoms with van der Waals surface area (Å²) in [4.78, 5) is 12.5. The summed E-state index contributed by atoms with van der Waals surface area (Å²) in [6.45, 7) is 1.73. The molecule has 1 fully saturated rings. The van der Waals surface area contributed by atoms with E-state index < -0.39 is 16.0 Å². The lowest BCUT2D eigenvalue weighted by atomic mass is 10.0. The van der Waals surface area contributed by atoms with Crippen molar-refractivity contribution in [3.8, 4) is 0 Å². The summed E-state index contributed by atoms with van der Waals surface area (Å²) in [5, 5.41) is 22.0. The maximum absolute atomic E-state index is 13.0. The molecule has 0 radical (unpaired) electrons. The predicted molar refractivity (Wildman–Crippen MR) is 85.3 cm³/mol. The number of fused-ring (bicyclic) bond motifs is 1. The van der Waals surface area contributed by atoms with E-state index in [0.29, 0.717) is 38.0 Å². The minimum absolute atomic E-state index is 0.0529. The molecular weight excluding hydrogens is 340 g/mol. The third-order valence-corrected chi connectivity index (χ3v) is 8.02. The van der Waals surface area contributed by atoms with Gasteiger partial charge in [-0.15, -0.1) is 11.3 Å². The summed E-state index contributed by atoms with van der Waals surface area (Å²) in [6, 6.07) is 0. The van der Waals surface area contributed by atoms with Crippen molar-refractivity contribution in [2.45, 2.75) is 30.0 Å². The second kappa shape index (κ2) is 6.48. The van der Waals surface area contributed by atoms with Crippen LogP contribution in [0.4, 0.5) is 0 Å². The lowest BCUT2D eigenvalue weighted by Gasteiger charge is -2.30. The average Bonchev–Trinajstić information content (AvgIpc) is 2.95. The minimum Gasteiger partial charge on any atom is -0.478 e. The van der Waals surface area contributed by atoms with Crippen LogP contribution in [0.2, 0.25) is 0 Å². The van der Waals surface area contributed by atoms with Crippen LogP contribution in [0.15, 0.2) is 4.21 Å². The quantitative estimate of drug-likeness (QED) is 0.721. The van der Waals surface area contributed by atoms with Crippen molar-refractivity contribution < 1.29 is 23.4 Å². The van der Waals surface area contributed by atoms with Gasteiger partial charge in [-0.1, -0.05) is 0 Å². The molecule has 2 aliphatic heterocycles. The molecule has 1 aromatic heterocycles. The molecule has 0 aliphatic carbocycles. The van der Waals surface area contributed by atoms with Crippen molar-refractivity contribution in [3.63, 3.8) is 0 Å². The first-order valence-electron chi connectivity index (χ1n) is 7.64. The van der Waals surface area contributed by atoms with Crippen LogP contribution in [0, 0.1) is 5.92 Å². The second-order valence-corrected chi connectivity index (χ2v) is 9.19. The number of nitrogens with zero attached hydrogens (tertiary/aromatic N) is 1. The van der Waals surface area contributed by atoms with Gasteiger partial charge in [0.1, 0.15) is 4.21 Å². The molecule has 23 heavy (non-hydrogen) atoms. The smallest absolute Gasteiger partial charge is 0.338 e. The number of carboxylic acids is 1. The molecule has 0 bridgehead atoms. The van der Waals surface area contributed by atoms with Gasteiger partial charge >= 0.3 is 5.97 Å². The van der Waals surface area contributed by atoms with Gasteiger partial charge in [0.05, 0.1) is 5.56 Å². The molecule has 1 unspecified atom stereocenters. The normalized spacial score (nSPS) is 22.7. The molecule has 0 amide bonds. The van der Waals surface area contributed by atoms with Crippen LogP contribution in [-0.2, 0) is 23.0 Å². The van der Waals surface area contributed by atoms with Crippen LogP contribution < -0.4 is 5.32 Å². The fourth-order valence-corrected chi connectivity index (χ4v) is 6.78. The number of carbonyl (C=O) groups is 1. The van der Waals surface area contributed by atoms with Crippen molar-refractivity contribution in [2.24, 2.45) is 5.92 Å².